The number of nitrogens with two attached hydrogens (primary N) is 1. The van der Waals surface area contributed by atoms with E-state index in [4.69, 9.17) is 10.5 Å². The minimum Gasteiger partial charge on any atom is -0.370 e. The molecule has 0 unspecified atom stereocenters. The fourth-order valence-electron chi connectivity index (χ4n) is 3.52. The second-order valence-electron chi connectivity index (χ2n) is 7.61. The summed E-state index contributed by atoms with van der Waals surface area (Å²) in [6, 6.07) is 9.58. The van der Waals surface area contributed by atoms with Crippen LogP contribution in [0.25, 0.3) is 32.6 Å². The number of amides is 2. The molecule has 4 heterocycles. The summed E-state index contributed by atoms with van der Waals surface area (Å²) in [5.74, 6) is -0.797. The molecule has 0 fully saturated rings. The Kier molecular flexibility index (Phi) is 6.62. The van der Waals surface area contributed by atoms with Crippen LogP contribution in [-0.2, 0) is 16.1 Å². The first-order valence-corrected chi connectivity index (χ1v) is 12.5. The number of fused-ring (bicyclic) bond motifs is 1. The van der Waals surface area contributed by atoms with E-state index in [1.165, 1.54) is 11.3 Å². The van der Waals surface area contributed by atoms with Gasteiger partial charge in [-0.2, -0.15) is 16.4 Å². The molecule has 11 heteroatoms. The number of hydrogen-bond acceptors (Lipinski definition) is 8. The Morgan fingerprint density at radius 1 is 1.11 bits per heavy atom. The molecule has 5 rings (SSSR count). The molecule has 0 spiro atoms. The first kappa shape index (κ1) is 22.8. The fraction of sp³-hybridized carbons (Fsp3) is 0.125. The van der Waals surface area contributed by atoms with Crippen molar-refractivity contribution in [2.75, 3.05) is 18.5 Å². The molecule has 2 amide bonds. The second-order valence-corrected chi connectivity index (χ2v) is 9.25. The average Bonchev–Trinajstić information content (AvgIpc) is 3.62. The number of hydrogen-bond donors (Lipinski definition) is 2. The molecule has 0 saturated carbocycles. The summed E-state index contributed by atoms with van der Waals surface area (Å²) in [6.45, 7) is 0.647. The van der Waals surface area contributed by atoms with E-state index < -0.39 is 5.91 Å². The summed E-state index contributed by atoms with van der Waals surface area (Å²) in [4.78, 5) is 32.5. The smallest absolute Gasteiger partial charge is 0.275 e. The maximum Gasteiger partial charge on any atom is 0.275 e. The molecule has 176 valence electrons. The van der Waals surface area contributed by atoms with Gasteiger partial charge in [0.2, 0.25) is 5.91 Å². The number of benzene rings is 1. The third-order valence-corrected chi connectivity index (χ3v) is 6.72. The molecule has 0 aliphatic heterocycles. The number of carbonyl (C=O) groups is 2. The van der Waals surface area contributed by atoms with E-state index in [9.17, 15) is 9.59 Å². The molecular weight excluding hydrogens is 484 g/mol. The number of thiazole rings is 1. The highest BCUT2D eigenvalue weighted by atomic mass is 32.1. The van der Waals surface area contributed by atoms with Gasteiger partial charge >= 0.3 is 0 Å². The SMILES string of the molecule is NC(=O)COCCn1cc2cc(NC(=O)c3csc(-c4ccncc4)n3)c(-c3ccsc3)cc2n1. The average molecular weight is 505 g/mol. The van der Waals surface area contributed by atoms with Crippen molar-refractivity contribution in [3.63, 3.8) is 0 Å². The third kappa shape index (κ3) is 5.27. The van der Waals surface area contributed by atoms with Gasteiger partial charge in [-0.3, -0.25) is 19.3 Å². The first-order chi connectivity index (χ1) is 17.1. The molecule has 1 aromatic carbocycles. The zero-order valence-electron chi connectivity index (χ0n) is 18.4. The molecule has 0 radical (unpaired) electrons. The molecule has 4 aromatic heterocycles. The summed E-state index contributed by atoms with van der Waals surface area (Å²) in [5.41, 5.74) is 9.67. The van der Waals surface area contributed by atoms with E-state index in [0.717, 1.165) is 32.6 Å². The number of anilines is 1. The minimum absolute atomic E-state index is 0.126. The van der Waals surface area contributed by atoms with Gasteiger partial charge in [0, 0.05) is 46.2 Å². The number of nitrogens with one attached hydrogen (secondary N) is 1. The van der Waals surface area contributed by atoms with Crippen LogP contribution in [0.4, 0.5) is 5.69 Å². The van der Waals surface area contributed by atoms with E-state index in [0.29, 0.717) is 24.5 Å². The first-order valence-electron chi connectivity index (χ1n) is 10.6. The Balaban J connectivity index is 1.41. The van der Waals surface area contributed by atoms with Gasteiger partial charge in [0.25, 0.3) is 5.91 Å². The van der Waals surface area contributed by atoms with Gasteiger partial charge in [-0.05, 0) is 46.7 Å². The topological polar surface area (TPSA) is 125 Å². The van der Waals surface area contributed by atoms with Crippen LogP contribution in [0.5, 0.6) is 0 Å². The van der Waals surface area contributed by atoms with Gasteiger partial charge in [-0.15, -0.1) is 11.3 Å². The van der Waals surface area contributed by atoms with Crippen molar-refractivity contribution in [2.24, 2.45) is 5.73 Å². The summed E-state index contributed by atoms with van der Waals surface area (Å²) < 4.78 is 6.98. The molecule has 3 N–H and O–H groups in total. The number of thiophene rings is 1. The third-order valence-electron chi connectivity index (χ3n) is 5.14. The number of pyridine rings is 1. The standard InChI is InChI=1S/C24H20N6O3S2/c25-22(31)12-33-7-6-30-11-17-9-20(18(10-19(17)29-30)16-3-8-34-13-16)27-23(32)21-14-35-24(28-21)15-1-4-26-5-2-15/h1-5,8-11,13-14H,6-7,12H2,(H2,25,31)(H,27,32). The lowest BCUT2D eigenvalue weighted by atomic mass is 10.0. The van der Waals surface area contributed by atoms with Crippen LogP contribution in [0.1, 0.15) is 10.5 Å². The fourth-order valence-corrected chi connectivity index (χ4v) is 4.98. The van der Waals surface area contributed by atoms with E-state index >= 15 is 0 Å². The number of nitrogens with zero attached hydrogens (tertiary/aromatic N) is 4. The largest absolute Gasteiger partial charge is 0.370 e. The second kappa shape index (κ2) is 10.1. The molecule has 35 heavy (non-hydrogen) atoms. The highest BCUT2D eigenvalue weighted by Crippen LogP contribution is 2.34. The van der Waals surface area contributed by atoms with Crippen LogP contribution in [0.2, 0.25) is 0 Å². The maximum atomic E-state index is 13.1. The highest BCUT2D eigenvalue weighted by molar-refractivity contribution is 7.13. The maximum absolute atomic E-state index is 13.1. The van der Waals surface area contributed by atoms with Crippen molar-refractivity contribution in [2.45, 2.75) is 6.54 Å². The van der Waals surface area contributed by atoms with Crippen LogP contribution in [0, 0.1) is 0 Å². The molecule has 0 bridgehead atoms. The molecular formula is C24H20N6O3S2. The number of ether oxygens (including phenoxy) is 1. The van der Waals surface area contributed by atoms with Crippen LogP contribution in [0.15, 0.2) is 65.1 Å². The van der Waals surface area contributed by atoms with Crippen LogP contribution in [-0.4, -0.2) is 44.8 Å². The molecule has 0 saturated heterocycles. The number of primary amides is 1. The van der Waals surface area contributed by atoms with Gasteiger partial charge in [-0.25, -0.2) is 4.98 Å². The Morgan fingerprint density at radius 2 is 1.97 bits per heavy atom. The van der Waals surface area contributed by atoms with Gasteiger partial charge in [0.15, 0.2) is 0 Å². The molecule has 0 atom stereocenters. The van der Waals surface area contributed by atoms with Crippen molar-refractivity contribution < 1.29 is 14.3 Å². The summed E-state index contributed by atoms with van der Waals surface area (Å²) >= 11 is 2.99. The van der Waals surface area contributed by atoms with Crippen molar-refractivity contribution in [3.8, 4) is 21.7 Å². The lowest BCUT2D eigenvalue weighted by molar-refractivity contribution is -0.122. The van der Waals surface area contributed by atoms with Crippen LogP contribution < -0.4 is 11.1 Å². The lowest BCUT2D eigenvalue weighted by Crippen LogP contribution is -2.19. The zero-order chi connectivity index (χ0) is 24.2. The molecule has 0 aliphatic rings. The minimum atomic E-state index is -0.510. The number of carbonyl (C=O) groups excluding carboxylic acids is 2. The highest BCUT2D eigenvalue weighted by Gasteiger charge is 2.17. The lowest BCUT2D eigenvalue weighted by Gasteiger charge is -2.10. The van der Waals surface area contributed by atoms with E-state index in [1.54, 1.807) is 33.8 Å². The van der Waals surface area contributed by atoms with Crippen molar-refractivity contribution >= 4 is 51.1 Å². The molecule has 0 aliphatic carbocycles. The Bertz CT molecular complexity index is 1480. The van der Waals surface area contributed by atoms with Crippen LogP contribution >= 0.6 is 22.7 Å². The van der Waals surface area contributed by atoms with Gasteiger partial charge in [0.1, 0.15) is 17.3 Å². The van der Waals surface area contributed by atoms with Crippen molar-refractivity contribution in [1.82, 2.24) is 19.7 Å². The summed E-state index contributed by atoms with van der Waals surface area (Å²) in [6.07, 6.45) is 5.27. The zero-order valence-corrected chi connectivity index (χ0v) is 20.0. The van der Waals surface area contributed by atoms with E-state index in [2.05, 4.69) is 20.4 Å². The van der Waals surface area contributed by atoms with Crippen molar-refractivity contribution in [3.05, 3.63) is 70.8 Å². The number of rotatable bonds is 9. The van der Waals surface area contributed by atoms with Crippen LogP contribution in [0.3, 0.4) is 0 Å². The quantitative estimate of drug-likeness (QED) is 0.292. The van der Waals surface area contributed by atoms with E-state index in [-0.39, 0.29) is 12.5 Å². The molecule has 5 aromatic rings. The summed E-state index contributed by atoms with van der Waals surface area (Å²) in [7, 11) is 0. The summed E-state index contributed by atoms with van der Waals surface area (Å²) in [5, 5.41) is 15.0. The predicted octanol–water partition coefficient (Wildman–Crippen LogP) is 4.04. The van der Waals surface area contributed by atoms with Gasteiger partial charge in [0.05, 0.1) is 18.7 Å². The van der Waals surface area contributed by atoms with Gasteiger partial charge in [-0.1, -0.05) is 0 Å². The van der Waals surface area contributed by atoms with E-state index in [1.807, 2.05) is 47.3 Å². The normalized spacial score (nSPS) is 11.1. The number of aromatic nitrogens is 4. The van der Waals surface area contributed by atoms with Gasteiger partial charge < -0.3 is 15.8 Å². The Labute approximate surface area is 208 Å². The predicted molar refractivity (Wildman–Crippen MR) is 136 cm³/mol. The van der Waals surface area contributed by atoms with Crippen molar-refractivity contribution in [1.29, 1.82) is 0 Å². The Morgan fingerprint density at radius 3 is 2.74 bits per heavy atom. The molecule has 9 nitrogen and oxygen atoms in total. The monoisotopic (exact) mass is 504 g/mol. The Hall–Kier alpha value is -3.93.